The summed E-state index contributed by atoms with van der Waals surface area (Å²) in [5.74, 6) is -0.721. The van der Waals surface area contributed by atoms with Crippen LogP contribution in [0, 0.1) is 12.7 Å². The van der Waals surface area contributed by atoms with Gasteiger partial charge in [0.1, 0.15) is 12.1 Å². The number of carbonyl (C=O) groups is 2. The van der Waals surface area contributed by atoms with Crippen LogP contribution in [-0.2, 0) is 17.4 Å². The minimum absolute atomic E-state index is 0.126. The second-order valence-corrected chi connectivity index (χ2v) is 10.4. The summed E-state index contributed by atoms with van der Waals surface area (Å²) in [4.78, 5) is 35.1. The molecule has 0 unspecified atom stereocenters. The van der Waals surface area contributed by atoms with Crippen molar-refractivity contribution in [2.24, 2.45) is 4.99 Å². The van der Waals surface area contributed by atoms with Crippen molar-refractivity contribution in [3.63, 3.8) is 0 Å². The molecular weight excluding hydrogens is 572 g/mol. The van der Waals surface area contributed by atoms with E-state index in [9.17, 15) is 27.2 Å². The van der Waals surface area contributed by atoms with Gasteiger partial charge >= 0.3 is 12.2 Å². The van der Waals surface area contributed by atoms with E-state index in [4.69, 9.17) is 0 Å². The van der Waals surface area contributed by atoms with Crippen molar-refractivity contribution < 1.29 is 27.2 Å². The third kappa shape index (κ3) is 6.20. The zero-order valence-electron chi connectivity index (χ0n) is 22.4. The maximum absolute atomic E-state index is 15.0. The molecule has 8 nitrogen and oxygen atoms in total. The summed E-state index contributed by atoms with van der Waals surface area (Å²) in [5.41, 5.74) is 2.29. The first kappa shape index (κ1) is 29.0. The number of nitrogens with one attached hydrogen (secondary N) is 1. The van der Waals surface area contributed by atoms with Gasteiger partial charge in [-0.2, -0.15) is 18.2 Å². The molecule has 216 valence electrons. The Labute approximate surface area is 242 Å². The first-order valence-electron chi connectivity index (χ1n) is 12.9. The number of anilines is 2. The zero-order valence-corrected chi connectivity index (χ0v) is 23.3. The Hall–Kier alpha value is -4.52. The molecule has 0 bridgehead atoms. The van der Waals surface area contributed by atoms with Crippen molar-refractivity contribution in [2.45, 2.75) is 32.9 Å². The van der Waals surface area contributed by atoms with Gasteiger partial charge in [-0.05, 0) is 73.0 Å². The number of hydrogen-bond acceptors (Lipinski definition) is 5. The van der Waals surface area contributed by atoms with Crippen LogP contribution in [0.4, 0.5) is 33.7 Å². The summed E-state index contributed by atoms with van der Waals surface area (Å²) in [6.07, 6.45) is -1.54. The van der Waals surface area contributed by atoms with Crippen LogP contribution in [0.5, 0.6) is 0 Å². The van der Waals surface area contributed by atoms with E-state index in [0.29, 0.717) is 11.4 Å². The summed E-state index contributed by atoms with van der Waals surface area (Å²) in [6, 6.07) is 13.3. The lowest BCUT2D eigenvalue weighted by Gasteiger charge is -2.20. The lowest BCUT2D eigenvalue weighted by molar-refractivity contribution is -0.137. The predicted molar refractivity (Wildman–Crippen MR) is 153 cm³/mol. The highest BCUT2D eigenvalue weighted by atomic mass is 32.2. The molecule has 1 aliphatic heterocycles. The maximum Gasteiger partial charge on any atom is 0.416 e. The van der Waals surface area contributed by atoms with Crippen molar-refractivity contribution in [3.05, 3.63) is 89.5 Å². The zero-order chi connectivity index (χ0) is 30.0. The van der Waals surface area contributed by atoms with Gasteiger partial charge in [-0.3, -0.25) is 9.69 Å². The molecule has 1 N–H and O–H groups in total. The molecule has 1 aromatic heterocycles. The van der Waals surface area contributed by atoms with E-state index < -0.39 is 23.6 Å². The lowest BCUT2D eigenvalue weighted by Crippen LogP contribution is -2.31. The van der Waals surface area contributed by atoms with Crippen LogP contribution < -0.4 is 10.2 Å². The normalized spacial score (nSPS) is 14.6. The fourth-order valence-electron chi connectivity index (χ4n) is 4.35. The Bertz CT molecular complexity index is 1680. The molecule has 0 saturated carbocycles. The van der Waals surface area contributed by atoms with Crippen LogP contribution in [0.1, 0.15) is 30.0 Å². The number of aliphatic imine (C=N–C) groups is 1. The van der Waals surface area contributed by atoms with E-state index in [1.165, 1.54) is 40.2 Å². The Morgan fingerprint density at radius 2 is 1.86 bits per heavy atom. The smallest absolute Gasteiger partial charge is 0.303 e. The molecule has 0 radical (unpaired) electrons. The molecular formula is C29H24F4N6O2S. The predicted octanol–water partition coefficient (Wildman–Crippen LogP) is 7.02. The van der Waals surface area contributed by atoms with Crippen LogP contribution in [-0.4, -0.2) is 37.6 Å². The molecule has 1 aliphatic rings. The number of thioether (sulfide) groups is 1. The van der Waals surface area contributed by atoms with Crippen molar-refractivity contribution in [2.75, 3.05) is 16.0 Å². The third-order valence-electron chi connectivity index (χ3n) is 6.38. The van der Waals surface area contributed by atoms with Gasteiger partial charge in [0.2, 0.25) is 5.91 Å². The average molecular weight is 597 g/mol. The Balaban J connectivity index is 1.32. The molecule has 0 spiro atoms. The Morgan fingerprint density at radius 3 is 2.55 bits per heavy atom. The van der Waals surface area contributed by atoms with Gasteiger partial charge in [0.05, 0.1) is 28.4 Å². The molecule has 13 heteroatoms. The van der Waals surface area contributed by atoms with Gasteiger partial charge in [-0.1, -0.05) is 37.2 Å². The molecule has 0 aliphatic carbocycles. The van der Waals surface area contributed by atoms with E-state index >= 15 is 0 Å². The monoisotopic (exact) mass is 596 g/mol. The van der Waals surface area contributed by atoms with Gasteiger partial charge in [-0.25, -0.2) is 18.9 Å². The highest BCUT2D eigenvalue weighted by molar-refractivity contribution is 8.15. The minimum atomic E-state index is -4.46. The lowest BCUT2D eigenvalue weighted by atomic mass is 10.0. The second kappa shape index (κ2) is 11.8. The number of urea groups is 1. The van der Waals surface area contributed by atoms with E-state index in [1.807, 2.05) is 32.0 Å². The van der Waals surface area contributed by atoms with E-state index in [2.05, 4.69) is 20.4 Å². The van der Waals surface area contributed by atoms with E-state index in [0.717, 1.165) is 53.9 Å². The number of amides is 3. The van der Waals surface area contributed by atoms with Crippen LogP contribution in [0.2, 0.25) is 0 Å². The van der Waals surface area contributed by atoms with Crippen molar-refractivity contribution in [3.8, 4) is 17.1 Å². The van der Waals surface area contributed by atoms with Crippen LogP contribution in [0.15, 0.2) is 72.0 Å². The Morgan fingerprint density at radius 1 is 1.10 bits per heavy atom. The summed E-state index contributed by atoms with van der Waals surface area (Å²) in [5, 5.41) is 6.84. The van der Waals surface area contributed by atoms with E-state index in [1.54, 1.807) is 0 Å². The topological polar surface area (TPSA) is 92.5 Å². The number of nitrogens with zero attached hydrogens (tertiary/aromatic N) is 5. The molecule has 42 heavy (non-hydrogen) atoms. The summed E-state index contributed by atoms with van der Waals surface area (Å²) >= 11 is 1.13. The van der Waals surface area contributed by atoms with Gasteiger partial charge in [0.15, 0.2) is 11.0 Å². The van der Waals surface area contributed by atoms with E-state index in [-0.39, 0.29) is 33.9 Å². The fraction of sp³-hybridized carbons (Fsp3) is 0.207. The van der Waals surface area contributed by atoms with Crippen molar-refractivity contribution >= 4 is 40.2 Å². The molecule has 1 saturated heterocycles. The third-order valence-corrected chi connectivity index (χ3v) is 7.31. The molecule has 4 aromatic rings. The molecule has 3 aromatic carbocycles. The summed E-state index contributed by atoms with van der Waals surface area (Å²) < 4.78 is 54.8. The highest BCUT2D eigenvalue weighted by Gasteiger charge is 2.32. The SMILES string of the molecule is CCCc1ccc(C)cc1N1C(=O)CSC1=NC(=O)Nc1ccc(-c2ncn(-c3ccc(C(F)(F)F)cc3)n2)cc1F. The average Bonchev–Trinajstić information content (AvgIpc) is 3.58. The van der Waals surface area contributed by atoms with Gasteiger partial charge in [0.25, 0.3) is 0 Å². The number of aromatic nitrogens is 3. The molecule has 3 amide bonds. The van der Waals surface area contributed by atoms with Crippen molar-refractivity contribution in [1.82, 2.24) is 14.8 Å². The Kier molecular flexibility index (Phi) is 8.12. The van der Waals surface area contributed by atoms with Crippen LogP contribution in [0.3, 0.4) is 0 Å². The number of rotatable bonds is 6. The standard InChI is InChI=1S/C29H24F4N6O2S/c1-3-4-18-6-5-17(2)13-24(18)39-25(40)15-42-28(39)36-27(41)35-23-12-7-19(14-22(23)30)26-34-16-38(37-26)21-10-8-20(9-11-21)29(31,32)33/h5-14,16H,3-4,15H2,1-2H3,(H,35,41). The van der Waals surface area contributed by atoms with Crippen molar-refractivity contribution in [1.29, 1.82) is 0 Å². The highest BCUT2D eigenvalue weighted by Crippen LogP contribution is 2.32. The number of benzene rings is 3. The number of aryl methyl sites for hydroxylation is 2. The quantitative estimate of drug-likeness (QED) is 0.242. The fourth-order valence-corrected chi connectivity index (χ4v) is 5.21. The second-order valence-electron chi connectivity index (χ2n) is 9.48. The van der Waals surface area contributed by atoms with Gasteiger partial charge in [-0.15, -0.1) is 5.10 Å². The van der Waals surface area contributed by atoms with Crippen LogP contribution in [0.25, 0.3) is 17.1 Å². The largest absolute Gasteiger partial charge is 0.416 e. The number of alkyl halides is 3. The minimum Gasteiger partial charge on any atom is -0.303 e. The molecule has 0 atom stereocenters. The van der Waals surface area contributed by atoms with Gasteiger partial charge < -0.3 is 5.32 Å². The number of carbonyl (C=O) groups excluding carboxylic acids is 2. The van der Waals surface area contributed by atoms with Gasteiger partial charge in [0, 0.05) is 5.56 Å². The first-order chi connectivity index (χ1) is 20.0. The maximum atomic E-state index is 15.0. The molecule has 5 rings (SSSR count). The number of amidine groups is 1. The molecule has 2 heterocycles. The number of halogens is 4. The van der Waals surface area contributed by atoms with Crippen LogP contribution >= 0.6 is 11.8 Å². The first-order valence-corrected chi connectivity index (χ1v) is 13.9. The summed E-state index contributed by atoms with van der Waals surface area (Å²) in [7, 11) is 0. The number of hydrogen-bond donors (Lipinski definition) is 1. The summed E-state index contributed by atoms with van der Waals surface area (Å²) in [6.45, 7) is 3.95. The molecule has 1 fully saturated rings.